The smallest absolute Gasteiger partial charge is 0.274 e. The molecule has 0 aliphatic carbocycles. The van der Waals surface area contributed by atoms with E-state index in [4.69, 9.17) is 4.74 Å². The zero-order valence-electron chi connectivity index (χ0n) is 13.1. The molecule has 0 amide bonds. The summed E-state index contributed by atoms with van der Waals surface area (Å²) in [7, 11) is 1.69. The van der Waals surface area contributed by atoms with Crippen LogP contribution in [0.15, 0.2) is 12.1 Å². The Hall–Kier alpha value is -1.62. The van der Waals surface area contributed by atoms with Crippen LogP contribution in [-0.4, -0.2) is 23.7 Å². The van der Waals surface area contributed by atoms with Crippen molar-refractivity contribution in [3.05, 3.63) is 33.4 Å². The summed E-state index contributed by atoms with van der Waals surface area (Å²) in [5, 5.41) is 14.3. The predicted molar refractivity (Wildman–Crippen MR) is 81.4 cm³/mol. The van der Waals surface area contributed by atoms with Gasteiger partial charge in [0.2, 0.25) is 0 Å². The number of aryl methyl sites for hydroxylation is 2. The molecule has 5 heteroatoms. The lowest BCUT2D eigenvalue weighted by Gasteiger charge is -2.28. The van der Waals surface area contributed by atoms with E-state index in [1.54, 1.807) is 20.1 Å². The lowest BCUT2D eigenvalue weighted by Crippen LogP contribution is -2.31. The van der Waals surface area contributed by atoms with Crippen LogP contribution in [0.4, 0.5) is 11.4 Å². The molecule has 20 heavy (non-hydrogen) atoms. The third-order valence-electron chi connectivity index (χ3n) is 3.49. The summed E-state index contributed by atoms with van der Waals surface area (Å²) in [5.41, 5.74) is 2.42. The Balaban J connectivity index is 2.92. The van der Waals surface area contributed by atoms with Gasteiger partial charge in [-0.2, -0.15) is 0 Å². The number of nitrogens with one attached hydrogen (secondary N) is 1. The van der Waals surface area contributed by atoms with E-state index in [-0.39, 0.29) is 22.3 Å². The molecule has 1 unspecified atom stereocenters. The molecule has 1 N–H and O–H groups in total. The van der Waals surface area contributed by atoms with Gasteiger partial charge in [-0.3, -0.25) is 10.1 Å². The van der Waals surface area contributed by atoms with Crippen molar-refractivity contribution in [3.8, 4) is 0 Å². The fourth-order valence-electron chi connectivity index (χ4n) is 2.33. The Bertz CT molecular complexity index is 498. The van der Waals surface area contributed by atoms with Gasteiger partial charge in [-0.05, 0) is 52.7 Å². The Labute approximate surface area is 120 Å². The van der Waals surface area contributed by atoms with E-state index in [0.29, 0.717) is 5.56 Å². The van der Waals surface area contributed by atoms with Gasteiger partial charge in [-0.15, -0.1) is 0 Å². The van der Waals surface area contributed by atoms with Gasteiger partial charge in [0.15, 0.2) is 0 Å². The molecule has 1 atom stereocenters. The first-order valence-corrected chi connectivity index (χ1v) is 6.73. The quantitative estimate of drug-likeness (QED) is 0.635. The number of rotatable bonds is 6. The van der Waals surface area contributed by atoms with Gasteiger partial charge in [0.1, 0.15) is 0 Å². The van der Waals surface area contributed by atoms with Crippen LogP contribution in [0.5, 0.6) is 0 Å². The molecule has 0 aliphatic heterocycles. The Morgan fingerprint density at radius 2 is 1.95 bits per heavy atom. The van der Waals surface area contributed by atoms with Crippen molar-refractivity contribution in [1.82, 2.24) is 0 Å². The third kappa shape index (κ3) is 4.20. The van der Waals surface area contributed by atoms with Crippen LogP contribution in [0.25, 0.3) is 0 Å². The number of nitrogens with zero attached hydrogens (tertiary/aromatic N) is 1. The maximum Gasteiger partial charge on any atom is 0.274 e. The number of benzene rings is 1. The van der Waals surface area contributed by atoms with Crippen LogP contribution in [0.2, 0.25) is 0 Å². The molecule has 0 aromatic heterocycles. The highest BCUT2D eigenvalue weighted by molar-refractivity contribution is 5.60. The summed E-state index contributed by atoms with van der Waals surface area (Å²) < 4.78 is 5.41. The Morgan fingerprint density at radius 1 is 1.35 bits per heavy atom. The summed E-state index contributed by atoms with van der Waals surface area (Å²) in [4.78, 5) is 10.7. The molecule has 0 aliphatic rings. The van der Waals surface area contributed by atoms with Crippen LogP contribution in [-0.2, 0) is 4.74 Å². The molecule has 0 saturated heterocycles. The van der Waals surface area contributed by atoms with Crippen molar-refractivity contribution < 1.29 is 9.66 Å². The van der Waals surface area contributed by atoms with Gasteiger partial charge in [0, 0.05) is 30.5 Å². The average molecular weight is 280 g/mol. The average Bonchev–Trinajstić information content (AvgIpc) is 2.31. The van der Waals surface area contributed by atoms with Gasteiger partial charge >= 0.3 is 0 Å². The molecule has 0 heterocycles. The minimum atomic E-state index is -0.344. The highest BCUT2D eigenvalue weighted by Crippen LogP contribution is 2.28. The number of hydrogen-bond acceptors (Lipinski definition) is 4. The van der Waals surface area contributed by atoms with Gasteiger partial charge in [-0.25, -0.2) is 0 Å². The second-order valence-corrected chi connectivity index (χ2v) is 5.92. The van der Waals surface area contributed by atoms with Gasteiger partial charge in [0.25, 0.3) is 5.69 Å². The second-order valence-electron chi connectivity index (χ2n) is 5.92. The highest BCUT2D eigenvalue weighted by Gasteiger charge is 2.21. The monoisotopic (exact) mass is 280 g/mol. The van der Waals surface area contributed by atoms with Crippen molar-refractivity contribution in [1.29, 1.82) is 0 Å². The molecule has 1 rings (SSSR count). The fourth-order valence-corrected chi connectivity index (χ4v) is 2.33. The lowest BCUT2D eigenvalue weighted by molar-refractivity contribution is -0.385. The molecule has 5 nitrogen and oxygen atoms in total. The zero-order valence-corrected chi connectivity index (χ0v) is 13.1. The number of nitro groups is 1. The first kappa shape index (κ1) is 16.4. The van der Waals surface area contributed by atoms with Crippen molar-refractivity contribution >= 4 is 11.4 Å². The van der Waals surface area contributed by atoms with Gasteiger partial charge in [-0.1, -0.05) is 0 Å². The molecule has 0 bridgehead atoms. The van der Waals surface area contributed by atoms with Crippen LogP contribution in [0, 0.1) is 24.0 Å². The molecular weight excluding hydrogens is 256 g/mol. The van der Waals surface area contributed by atoms with E-state index >= 15 is 0 Å². The molecule has 112 valence electrons. The lowest BCUT2D eigenvalue weighted by atomic mass is 9.99. The van der Waals surface area contributed by atoms with Crippen molar-refractivity contribution in [2.75, 3.05) is 12.4 Å². The van der Waals surface area contributed by atoms with Crippen LogP contribution in [0.1, 0.15) is 38.3 Å². The zero-order chi connectivity index (χ0) is 15.5. The third-order valence-corrected chi connectivity index (χ3v) is 3.49. The van der Waals surface area contributed by atoms with Crippen molar-refractivity contribution in [3.63, 3.8) is 0 Å². The number of hydrogen-bond donors (Lipinski definition) is 1. The minimum Gasteiger partial charge on any atom is -0.382 e. The standard InChI is InChI=1S/C15H24N2O3/c1-10-7-11(2)14(17(18)19)8-13(10)16-12(3)9-15(4,5)20-6/h7-8,12,16H,9H2,1-6H3. The predicted octanol–water partition coefficient (Wildman–Crippen LogP) is 3.83. The van der Waals surface area contributed by atoms with E-state index in [1.165, 1.54) is 0 Å². The van der Waals surface area contributed by atoms with E-state index < -0.39 is 0 Å². The van der Waals surface area contributed by atoms with Crippen molar-refractivity contribution in [2.45, 2.75) is 52.7 Å². The molecule has 0 fully saturated rings. The summed E-state index contributed by atoms with van der Waals surface area (Å²) in [5.74, 6) is 0. The van der Waals surface area contributed by atoms with E-state index in [9.17, 15) is 10.1 Å². The van der Waals surface area contributed by atoms with Crippen molar-refractivity contribution in [2.24, 2.45) is 0 Å². The SMILES string of the molecule is COC(C)(C)CC(C)Nc1cc([N+](=O)[O-])c(C)cc1C. The molecular formula is C15H24N2O3. The first-order valence-electron chi connectivity index (χ1n) is 6.73. The molecule has 0 spiro atoms. The summed E-state index contributed by atoms with van der Waals surface area (Å²) in [6, 6.07) is 3.61. The second kappa shape index (κ2) is 6.22. The Kier molecular flexibility index (Phi) is 5.11. The number of nitro benzene ring substituents is 1. The maximum absolute atomic E-state index is 11.0. The Morgan fingerprint density at radius 3 is 2.45 bits per heavy atom. The van der Waals surface area contributed by atoms with E-state index in [1.807, 2.05) is 33.8 Å². The summed E-state index contributed by atoms with van der Waals surface area (Å²) >= 11 is 0. The van der Waals surface area contributed by atoms with Gasteiger partial charge < -0.3 is 10.1 Å². The molecule has 1 aromatic rings. The van der Waals surface area contributed by atoms with Crippen LogP contribution < -0.4 is 5.32 Å². The fraction of sp³-hybridized carbons (Fsp3) is 0.600. The summed E-state index contributed by atoms with van der Waals surface area (Å²) in [6.07, 6.45) is 0.810. The number of anilines is 1. The number of ether oxygens (including phenoxy) is 1. The van der Waals surface area contributed by atoms with Gasteiger partial charge in [0.05, 0.1) is 10.5 Å². The molecule has 0 radical (unpaired) electrons. The first-order chi connectivity index (χ1) is 9.16. The van der Waals surface area contributed by atoms with E-state index in [0.717, 1.165) is 17.7 Å². The topological polar surface area (TPSA) is 64.4 Å². The minimum absolute atomic E-state index is 0.149. The normalized spacial score (nSPS) is 13.1. The summed E-state index contributed by atoms with van der Waals surface area (Å²) in [6.45, 7) is 9.80. The number of methoxy groups -OCH3 is 1. The van der Waals surface area contributed by atoms with E-state index in [2.05, 4.69) is 5.32 Å². The molecule has 0 saturated carbocycles. The largest absolute Gasteiger partial charge is 0.382 e. The van der Waals surface area contributed by atoms with Crippen LogP contribution >= 0.6 is 0 Å². The maximum atomic E-state index is 11.0. The highest BCUT2D eigenvalue weighted by atomic mass is 16.6. The van der Waals surface area contributed by atoms with Crippen LogP contribution in [0.3, 0.4) is 0 Å². The molecule has 1 aromatic carbocycles.